The number of para-hydroxylation sites is 1. The number of nitrogens with one attached hydrogen (secondary N) is 2. The van der Waals surface area contributed by atoms with Gasteiger partial charge in [0.1, 0.15) is 0 Å². The Labute approximate surface area is 183 Å². The second kappa shape index (κ2) is 8.50. The number of fused-ring (bicyclic) bond motifs is 2. The van der Waals surface area contributed by atoms with E-state index in [0.29, 0.717) is 19.6 Å². The average Bonchev–Trinajstić information content (AvgIpc) is 3.11. The SMILES string of the molecule is CN1CCC2(CC1)CN(C(=O)CC1NC(=O)CC(N3CCOCC3)N1)c1ccccc12. The molecule has 4 aliphatic heterocycles. The van der Waals surface area contributed by atoms with Crippen molar-refractivity contribution in [2.24, 2.45) is 0 Å². The second-order valence-corrected chi connectivity index (χ2v) is 9.44. The fraction of sp³-hybridized carbons (Fsp3) is 0.652. The van der Waals surface area contributed by atoms with Crippen LogP contribution in [0.2, 0.25) is 0 Å². The van der Waals surface area contributed by atoms with E-state index in [1.54, 1.807) is 0 Å². The fourth-order valence-electron chi connectivity index (χ4n) is 5.61. The van der Waals surface area contributed by atoms with Gasteiger partial charge >= 0.3 is 0 Å². The van der Waals surface area contributed by atoms with Crippen molar-refractivity contribution in [2.45, 2.75) is 43.4 Å². The van der Waals surface area contributed by atoms with Crippen LogP contribution in [0.25, 0.3) is 0 Å². The number of rotatable bonds is 3. The molecule has 4 aliphatic rings. The molecule has 0 saturated carbocycles. The predicted molar refractivity (Wildman–Crippen MR) is 118 cm³/mol. The number of morpholine rings is 1. The highest BCUT2D eigenvalue weighted by Crippen LogP contribution is 2.47. The van der Waals surface area contributed by atoms with Crippen molar-refractivity contribution in [2.75, 3.05) is 57.9 Å². The fourth-order valence-corrected chi connectivity index (χ4v) is 5.61. The van der Waals surface area contributed by atoms with Crippen LogP contribution < -0.4 is 15.5 Å². The highest BCUT2D eigenvalue weighted by atomic mass is 16.5. The highest BCUT2D eigenvalue weighted by molar-refractivity contribution is 5.97. The van der Waals surface area contributed by atoms with Gasteiger partial charge in [-0.15, -0.1) is 0 Å². The lowest BCUT2D eigenvalue weighted by Gasteiger charge is -2.40. The van der Waals surface area contributed by atoms with Crippen molar-refractivity contribution in [1.29, 1.82) is 0 Å². The van der Waals surface area contributed by atoms with Crippen LogP contribution in [-0.4, -0.2) is 86.9 Å². The number of benzene rings is 1. The van der Waals surface area contributed by atoms with Crippen LogP contribution in [0.15, 0.2) is 24.3 Å². The lowest BCUT2D eigenvalue weighted by atomic mass is 9.74. The molecule has 168 valence electrons. The molecule has 31 heavy (non-hydrogen) atoms. The molecule has 4 heterocycles. The molecule has 0 bridgehead atoms. The topological polar surface area (TPSA) is 77.2 Å². The summed E-state index contributed by atoms with van der Waals surface area (Å²) < 4.78 is 5.44. The van der Waals surface area contributed by atoms with Gasteiger partial charge in [0.15, 0.2) is 0 Å². The van der Waals surface area contributed by atoms with Gasteiger partial charge in [-0.2, -0.15) is 0 Å². The molecule has 8 nitrogen and oxygen atoms in total. The Morgan fingerprint density at radius 3 is 2.68 bits per heavy atom. The number of anilines is 1. The van der Waals surface area contributed by atoms with E-state index in [1.165, 1.54) is 5.56 Å². The summed E-state index contributed by atoms with van der Waals surface area (Å²) in [6, 6.07) is 8.37. The van der Waals surface area contributed by atoms with Crippen molar-refractivity contribution in [3.05, 3.63) is 29.8 Å². The Kier molecular flexibility index (Phi) is 5.73. The third kappa shape index (κ3) is 4.09. The standard InChI is InChI=1S/C23H33N5O3/c1-26-8-6-23(7-9-26)16-28(18-5-3-2-4-17(18)23)22(30)14-19-24-20(15-21(29)25-19)27-10-12-31-13-11-27/h2-5,19-20,24H,6-16H2,1H3,(H,25,29). The Hall–Kier alpha value is -2.00. The minimum absolute atomic E-state index is 0.00153. The minimum atomic E-state index is -0.345. The first-order valence-electron chi connectivity index (χ1n) is 11.5. The molecule has 1 aromatic rings. The zero-order chi connectivity index (χ0) is 21.4. The molecule has 2 unspecified atom stereocenters. The molecule has 0 radical (unpaired) electrons. The summed E-state index contributed by atoms with van der Waals surface area (Å²) in [4.78, 5) is 32.4. The predicted octanol–water partition coefficient (Wildman–Crippen LogP) is 0.481. The van der Waals surface area contributed by atoms with Crippen LogP contribution in [0.1, 0.15) is 31.2 Å². The Bertz CT molecular complexity index is 832. The van der Waals surface area contributed by atoms with Crippen LogP contribution in [0.5, 0.6) is 0 Å². The van der Waals surface area contributed by atoms with Crippen LogP contribution in [0, 0.1) is 0 Å². The maximum absolute atomic E-state index is 13.4. The summed E-state index contributed by atoms with van der Waals surface area (Å²) in [6.07, 6.45) is 2.43. The Balaban J connectivity index is 1.29. The van der Waals surface area contributed by atoms with Gasteiger partial charge in [-0.25, -0.2) is 0 Å². The van der Waals surface area contributed by atoms with E-state index in [4.69, 9.17) is 4.74 Å². The number of carbonyl (C=O) groups is 2. The van der Waals surface area contributed by atoms with Crippen molar-refractivity contribution in [1.82, 2.24) is 20.4 Å². The van der Waals surface area contributed by atoms with Gasteiger partial charge in [-0.3, -0.25) is 19.8 Å². The van der Waals surface area contributed by atoms with Crippen molar-refractivity contribution in [3.63, 3.8) is 0 Å². The number of ether oxygens (including phenoxy) is 1. The van der Waals surface area contributed by atoms with E-state index in [0.717, 1.165) is 51.3 Å². The summed E-state index contributed by atoms with van der Waals surface area (Å²) in [5, 5.41) is 6.47. The van der Waals surface area contributed by atoms with Crippen LogP contribution >= 0.6 is 0 Å². The van der Waals surface area contributed by atoms with Gasteiger partial charge < -0.3 is 19.9 Å². The van der Waals surface area contributed by atoms with Gasteiger partial charge in [0.2, 0.25) is 11.8 Å². The molecule has 8 heteroatoms. The van der Waals surface area contributed by atoms with Gasteiger partial charge in [-0.1, -0.05) is 18.2 Å². The van der Waals surface area contributed by atoms with Crippen LogP contribution in [-0.2, 0) is 19.7 Å². The Morgan fingerprint density at radius 2 is 1.90 bits per heavy atom. The molecule has 2 N–H and O–H groups in total. The largest absolute Gasteiger partial charge is 0.379 e. The average molecular weight is 428 g/mol. The maximum atomic E-state index is 13.4. The van der Waals surface area contributed by atoms with E-state index < -0.39 is 0 Å². The number of hydrogen-bond donors (Lipinski definition) is 2. The summed E-state index contributed by atoms with van der Waals surface area (Å²) in [5.41, 5.74) is 2.41. The summed E-state index contributed by atoms with van der Waals surface area (Å²) in [6.45, 7) is 5.84. The molecule has 5 rings (SSSR count). The number of carbonyl (C=O) groups excluding carboxylic acids is 2. The summed E-state index contributed by atoms with van der Waals surface area (Å²) >= 11 is 0. The monoisotopic (exact) mass is 427 g/mol. The quantitative estimate of drug-likeness (QED) is 0.731. The molecule has 2 amide bonds. The number of hydrogen-bond acceptors (Lipinski definition) is 6. The first-order valence-corrected chi connectivity index (χ1v) is 11.5. The zero-order valence-corrected chi connectivity index (χ0v) is 18.3. The lowest BCUT2D eigenvalue weighted by molar-refractivity contribution is -0.128. The van der Waals surface area contributed by atoms with Crippen LogP contribution in [0.4, 0.5) is 5.69 Å². The number of amides is 2. The highest BCUT2D eigenvalue weighted by Gasteiger charge is 2.46. The first-order chi connectivity index (χ1) is 15.0. The van der Waals surface area contributed by atoms with Crippen molar-refractivity contribution < 1.29 is 14.3 Å². The molecule has 3 saturated heterocycles. The minimum Gasteiger partial charge on any atom is -0.379 e. The molecule has 0 aliphatic carbocycles. The third-order valence-electron chi connectivity index (χ3n) is 7.44. The molecular formula is C23H33N5O3. The summed E-state index contributed by atoms with van der Waals surface area (Å²) in [5.74, 6) is 0.0744. The number of piperidine rings is 1. The van der Waals surface area contributed by atoms with Gasteiger partial charge in [-0.05, 0) is 44.6 Å². The second-order valence-electron chi connectivity index (χ2n) is 9.44. The number of likely N-dealkylation sites (tertiary alicyclic amines) is 1. The van der Waals surface area contributed by atoms with E-state index in [2.05, 4.69) is 45.7 Å². The maximum Gasteiger partial charge on any atom is 0.230 e. The van der Waals surface area contributed by atoms with Crippen LogP contribution in [0.3, 0.4) is 0 Å². The molecule has 2 atom stereocenters. The van der Waals surface area contributed by atoms with E-state index >= 15 is 0 Å². The van der Waals surface area contributed by atoms with Gasteiger partial charge in [0.05, 0.1) is 38.4 Å². The zero-order valence-electron chi connectivity index (χ0n) is 18.3. The lowest BCUT2D eigenvalue weighted by Crippen LogP contribution is -2.64. The molecular weight excluding hydrogens is 394 g/mol. The van der Waals surface area contributed by atoms with Gasteiger partial charge in [0.25, 0.3) is 0 Å². The summed E-state index contributed by atoms with van der Waals surface area (Å²) in [7, 11) is 2.17. The first kappa shape index (κ1) is 20.9. The molecule has 1 spiro atoms. The normalized spacial score (nSPS) is 29.1. The Morgan fingerprint density at radius 1 is 1.16 bits per heavy atom. The molecule has 1 aromatic carbocycles. The number of nitrogens with zero attached hydrogens (tertiary/aromatic N) is 3. The van der Waals surface area contributed by atoms with Crippen molar-refractivity contribution in [3.8, 4) is 0 Å². The van der Waals surface area contributed by atoms with Gasteiger partial charge in [0, 0.05) is 30.7 Å². The third-order valence-corrected chi connectivity index (χ3v) is 7.44. The van der Waals surface area contributed by atoms with E-state index in [9.17, 15) is 9.59 Å². The molecule has 3 fully saturated rings. The van der Waals surface area contributed by atoms with E-state index in [-0.39, 0.29) is 36.0 Å². The van der Waals surface area contributed by atoms with E-state index in [1.807, 2.05) is 11.0 Å². The molecule has 0 aromatic heterocycles. The smallest absolute Gasteiger partial charge is 0.230 e. The van der Waals surface area contributed by atoms with Crippen molar-refractivity contribution >= 4 is 17.5 Å².